The quantitative estimate of drug-likeness (QED) is 0.384. The number of hydrogen-bond donors (Lipinski definition) is 1. The molecule has 0 saturated carbocycles. The van der Waals surface area contributed by atoms with Crippen molar-refractivity contribution in [3.8, 4) is 5.75 Å². The van der Waals surface area contributed by atoms with Gasteiger partial charge in [0.2, 0.25) is 0 Å². The molecule has 0 fully saturated rings. The van der Waals surface area contributed by atoms with E-state index in [1.54, 1.807) is 0 Å². The molecule has 0 aliphatic carbocycles. The first-order valence-corrected chi connectivity index (χ1v) is 9.90. The topological polar surface area (TPSA) is 20.2 Å². The van der Waals surface area contributed by atoms with Crippen molar-refractivity contribution in [2.75, 3.05) is 0 Å². The number of unbranched alkanes of at least 4 members (excludes halogenated alkanes) is 7. The van der Waals surface area contributed by atoms with Crippen LogP contribution in [0.1, 0.15) is 90.5 Å². The lowest BCUT2D eigenvalue weighted by Gasteiger charge is -2.19. The van der Waals surface area contributed by atoms with Crippen molar-refractivity contribution in [3.05, 3.63) is 29.8 Å². The van der Waals surface area contributed by atoms with Gasteiger partial charge in [0.25, 0.3) is 0 Å². The molecule has 1 aromatic carbocycles. The van der Waals surface area contributed by atoms with Crippen molar-refractivity contribution >= 4 is 0 Å². The molecule has 1 N–H and O–H groups in total. The van der Waals surface area contributed by atoms with Gasteiger partial charge in [-0.1, -0.05) is 96.8 Å². The molecule has 0 radical (unpaired) electrons. The lowest BCUT2D eigenvalue weighted by molar-refractivity contribution is 0.362. The van der Waals surface area contributed by atoms with E-state index in [4.69, 9.17) is 0 Å². The Morgan fingerprint density at radius 2 is 1.48 bits per heavy atom. The molecule has 1 unspecified atom stereocenters. The minimum atomic E-state index is 0.470. The van der Waals surface area contributed by atoms with Crippen molar-refractivity contribution in [2.24, 2.45) is 11.8 Å². The van der Waals surface area contributed by atoms with Crippen LogP contribution in [0.2, 0.25) is 0 Å². The normalized spacial score (nSPS) is 12.7. The Morgan fingerprint density at radius 3 is 2.09 bits per heavy atom. The number of phenols is 1. The minimum Gasteiger partial charge on any atom is -0.508 e. The molecule has 1 nitrogen and oxygen atoms in total. The molecule has 1 rings (SSSR count). The zero-order valence-corrected chi connectivity index (χ0v) is 15.7. The summed E-state index contributed by atoms with van der Waals surface area (Å²) in [7, 11) is 0. The van der Waals surface area contributed by atoms with Gasteiger partial charge in [0, 0.05) is 0 Å². The second kappa shape index (κ2) is 12.4. The molecule has 0 aliphatic rings. The Morgan fingerprint density at radius 1 is 0.870 bits per heavy atom. The van der Waals surface area contributed by atoms with Crippen LogP contribution >= 0.6 is 0 Å². The van der Waals surface area contributed by atoms with E-state index in [1.165, 1.54) is 64.2 Å². The highest BCUT2D eigenvalue weighted by Crippen LogP contribution is 2.27. The number of phenolic OH excluding ortho intramolecular Hbond substituents is 1. The van der Waals surface area contributed by atoms with Crippen molar-refractivity contribution in [3.63, 3.8) is 0 Å². The van der Waals surface area contributed by atoms with E-state index >= 15 is 0 Å². The zero-order chi connectivity index (χ0) is 16.9. The second-order valence-electron chi connectivity index (χ2n) is 7.59. The first kappa shape index (κ1) is 20.1. The fraction of sp³-hybridized carbons (Fsp3) is 0.727. The molecule has 0 aromatic heterocycles. The zero-order valence-electron chi connectivity index (χ0n) is 15.7. The number of para-hydroxylation sites is 1. The standard InChI is InChI=1S/C22H38O/c1-4-5-6-7-8-9-10-11-14-20(17-19(2)3)18-21-15-12-13-16-22(21)23/h12-13,15-16,19-20,23H,4-11,14,17-18H2,1-3H3. The molecule has 0 amide bonds. The highest BCUT2D eigenvalue weighted by Gasteiger charge is 2.13. The van der Waals surface area contributed by atoms with Gasteiger partial charge >= 0.3 is 0 Å². The van der Waals surface area contributed by atoms with Gasteiger partial charge in [-0.25, -0.2) is 0 Å². The summed E-state index contributed by atoms with van der Waals surface area (Å²) < 4.78 is 0. The van der Waals surface area contributed by atoms with Crippen LogP contribution < -0.4 is 0 Å². The van der Waals surface area contributed by atoms with Crippen LogP contribution in [-0.2, 0) is 6.42 Å². The van der Waals surface area contributed by atoms with E-state index in [-0.39, 0.29) is 0 Å². The van der Waals surface area contributed by atoms with E-state index in [2.05, 4.69) is 26.8 Å². The molecule has 23 heavy (non-hydrogen) atoms. The minimum absolute atomic E-state index is 0.470. The van der Waals surface area contributed by atoms with Crippen LogP contribution in [-0.4, -0.2) is 5.11 Å². The highest BCUT2D eigenvalue weighted by molar-refractivity contribution is 5.32. The maximum absolute atomic E-state index is 10.0. The Labute approximate surface area is 144 Å². The van der Waals surface area contributed by atoms with Crippen molar-refractivity contribution < 1.29 is 5.11 Å². The van der Waals surface area contributed by atoms with E-state index < -0.39 is 0 Å². The van der Waals surface area contributed by atoms with Gasteiger partial charge in [-0.3, -0.25) is 0 Å². The lowest BCUT2D eigenvalue weighted by Crippen LogP contribution is -2.08. The SMILES string of the molecule is CCCCCCCCCCC(Cc1ccccc1O)CC(C)C. The predicted octanol–water partition coefficient (Wildman–Crippen LogP) is 7.13. The van der Waals surface area contributed by atoms with E-state index in [0.29, 0.717) is 11.7 Å². The van der Waals surface area contributed by atoms with Gasteiger partial charge in [0.15, 0.2) is 0 Å². The summed E-state index contributed by atoms with van der Waals surface area (Å²) in [6, 6.07) is 7.85. The average molecular weight is 319 g/mol. The molecule has 0 aliphatic heterocycles. The van der Waals surface area contributed by atoms with Crippen molar-refractivity contribution in [1.29, 1.82) is 0 Å². The molecule has 0 bridgehead atoms. The summed E-state index contributed by atoms with van der Waals surface area (Å²) in [6.45, 7) is 6.90. The second-order valence-corrected chi connectivity index (χ2v) is 7.59. The van der Waals surface area contributed by atoms with Gasteiger partial charge in [-0.2, -0.15) is 0 Å². The molecule has 1 aromatic rings. The van der Waals surface area contributed by atoms with Crippen LogP contribution in [0.5, 0.6) is 5.75 Å². The van der Waals surface area contributed by atoms with Gasteiger partial charge in [-0.15, -0.1) is 0 Å². The maximum atomic E-state index is 10.0. The fourth-order valence-electron chi connectivity index (χ4n) is 3.53. The molecular weight excluding hydrogens is 280 g/mol. The van der Waals surface area contributed by atoms with E-state index in [9.17, 15) is 5.11 Å². The predicted molar refractivity (Wildman–Crippen MR) is 102 cm³/mol. The number of benzene rings is 1. The largest absolute Gasteiger partial charge is 0.508 e. The monoisotopic (exact) mass is 318 g/mol. The third kappa shape index (κ3) is 9.69. The van der Waals surface area contributed by atoms with Gasteiger partial charge in [0.05, 0.1) is 0 Å². The van der Waals surface area contributed by atoms with Crippen LogP contribution in [0, 0.1) is 11.8 Å². The third-order valence-electron chi connectivity index (χ3n) is 4.77. The van der Waals surface area contributed by atoms with Gasteiger partial charge < -0.3 is 5.11 Å². The first-order valence-electron chi connectivity index (χ1n) is 9.90. The number of rotatable bonds is 13. The number of hydrogen-bond acceptors (Lipinski definition) is 1. The van der Waals surface area contributed by atoms with Gasteiger partial charge in [0.1, 0.15) is 5.75 Å². The van der Waals surface area contributed by atoms with Gasteiger partial charge in [-0.05, 0) is 36.3 Å². The van der Waals surface area contributed by atoms with Crippen LogP contribution in [0.25, 0.3) is 0 Å². The lowest BCUT2D eigenvalue weighted by atomic mass is 9.86. The number of aromatic hydroxyl groups is 1. The smallest absolute Gasteiger partial charge is 0.118 e. The summed E-state index contributed by atoms with van der Waals surface area (Å²) >= 11 is 0. The Bertz CT molecular complexity index is 397. The summed E-state index contributed by atoms with van der Waals surface area (Å²) in [5.74, 6) is 1.92. The Hall–Kier alpha value is -0.980. The molecular formula is C22H38O. The average Bonchev–Trinajstić information content (AvgIpc) is 2.51. The Balaban J connectivity index is 2.28. The third-order valence-corrected chi connectivity index (χ3v) is 4.77. The molecule has 1 heteroatoms. The van der Waals surface area contributed by atoms with Crippen LogP contribution in [0.4, 0.5) is 0 Å². The summed E-state index contributed by atoms with van der Waals surface area (Å²) in [6.07, 6.45) is 14.7. The Kier molecular flexibility index (Phi) is 10.9. The van der Waals surface area contributed by atoms with Crippen LogP contribution in [0.3, 0.4) is 0 Å². The van der Waals surface area contributed by atoms with E-state index in [1.807, 2.05) is 18.2 Å². The maximum Gasteiger partial charge on any atom is 0.118 e. The fourth-order valence-corrected chi connectivity index (χ4v) is 3.53. The molecule has 0 heterocycles. The summed E-state index contributed by atoms with van der Waals surface area (Å²) in [4.78, 5) is 0. The molecule has 132 valence electrons. The van der Waals surface area contributed by atoms with Crippen molar-refractivity contribution in [2.45, 2.75) is 91.4 Å². The molecule has 0 saturated heterocycles. The molecule has 1 atom stereocenters. The van der Waals surface area contributed by atoms with E-state index in [0.717, 1.165) is 17.9 Å². The van der Waals surface area contributed by atoms with Crippen molar-refractivity contribution in [1.82, 2.24) is 0 Å². The summed E-state index contributed by atoms with van der Waals surface area (Å²) in [5, 5.41) is 10.0. The van der Waals surface area contributed by atoms with Crippen LogP contribution in [0.15, 0.2) is 24.3 Å². The summed E-state index contributed by atoms with van der Waals surface area (Å²) in [5.41, 5.74) is 1.12. The highest BCUT2D eigenvalue weighted by atomic mass is 16.3. The molecule has 0 spiro atoms. The first-order chi connectivity index (χ1) is 11.1.